The number of piperazine rings is 1. The summed E-state index contributed by atoms with van der Waals surface area (Å²) in [6, 6.07) is 3.70. The lowest BCUT2D eigenvalue weighted by Crippen LogP contribution is -2.56. The molecule has 1 aliphatic heterocycles. The van der Waals surface area contributed by atoms with E-state index >= 15 is 0 Å². The van der Waals surface area contributed by atoms with Gasteiger partial charge in [0.1, 0.15) is 5.75 Å². The Morgan fingerprint density at radius 1 is 1.07 bits per heavy atom. The van der Waals surface area contributed by atoms with Gasteiger partial charge in [-0.2, -0.15) is 4.31 Å². The number of sulfonamides is 1. The van der Waals surface area contributed by atoms with Crippen LogP contribution >= 0.6 is 0 Å². The molecule has 7 nitrogen and oxygen atoms in total. The molecule has 164 valence electrons. The molecule has 0 spiro atoms. The predicted octanol–water partition coefficient (Wildman–Crippen LogP) is 2.19. The molecule has 1 heterocycles. The highest BCUT2D eigenvalue weighted by Gasteiger charge is 2.33. The Kier molecular flexibility index (Phi) is 6.86. The molecule has 11 heteroatoms. The summed E-state index contributed by atoms with van der Waals surface area (Å²) in [6.45, 7) is 8.51. The Bertz CT molecular complexity index is 812. The number of ether oxygens (including phenoxy) is 1. The second-order valence-corrected chi connectivity index (χ2v) is 9.81. The molecular formula is C18H26F3N3O4S. The molecule has 29 heavy (non-hydrogen) atoms. The van der Waals surface area contributed by atoms with Gasteiger partial charge >= 0.3 is 6.36 Å². The number of amides is 1. The first-order valence-electron chi connectivity index (χ1n) is 9.11. The average Bonchev–Trinajstić information content (AvgIpc) is 2.59. The lowest BCUT2D eigenvalue weighted by atomic mass is 10.1. The molecular weight excluding hydrogens is 411 g/mol. The number of hydrogen-bond acceptors (Lipinski definition) is 5. The van der Waals surface area contributed by atoms with Crippen molar-refractivity contribution in [2.75, 3.05) is 26.2 Å². The van der Waals surface area contributed by atoms with E-state index in [1.165, 1.54) is 4.31 Å². The van der Waals surface area contributed by atoms with Crippen LogP contribution in [0.1, 0.15) is 27.7 Å². The molecule has 0 radical (unpaired) electrons. The van der Waals surface area contributed by atoms with Crippen molar-refractivity contribution in [2.24, 2.45) is 0 Å². The quantitative estimate of drug-likeness (QED) is 0.764. The summed E-state index contributed by atoms with van der Waals surface area (Å²) < 4.78 is 67.2. The first kappa shape index (κ1) is 23.4. The number of rotatable bonds is 5. The molecule has 0 aliphatic carbocycles. The minimum Gasteiger partial charge on any atom is -0.406 e. The fourth-order valence-corrected chi connectivity index (χ4v) is 4.36. The van der Waals surface area contributed by atoms with Gasteiger partial charge in [0.15, 0.2) is 0 Å². The number of carbonyl (C=O) groups excluding carboxylic acids is 1. The van der Waals surface area contributed by atoms with Crippen molar-refractivity contribution in [3.63, 3.8) is 0 Å². The van der Waals surface area contributed by atoms with Crippen molar-refractivity contribution < 1.29 is 31.1 Å². The molecule has 0 saturated carbocycles. The second-order valence-electron chi connectivity index (χ2n) is 7.87. The Labute approximate surface area is 168 Å². The Balaban J connectivity index is 2.00. The molecule has 1 unspecified atom stereocenters. The first-order chi connectivity index (χ1) is 13.2. The van der Waals surface area contributed by atoms with Gasteiger partial charge in [-0.1, -0.05) is 0 Å². The maximum Gasteiger partial charge on any atom is 0.573 e. The summed E-state index contributed by atoms with van der Waals surface area (Å²) >= 11 is 0. The largest absolute Gasteiger partial charge is 0.573 e. The average molecular weight is 437 g/mol. The summed E-state index contributed by atoms with van der Waals surface area (Å²) in [4.78, 5) is 14.1. The van der Waals surface area contributed by atoms with Gasteiger partial charge in [0.2, 0.25) is 15.9 Å². The molecule has 1 aromatic carbocycles. The zero-order valence-electron chi connectivity index (χ0n) is 16.8. The van der Waals surface area contributed by atoms with Gasteiger partial charge in [-0.05, 0) is 52.0 Å². The molecule has 0 bridgehead atoms. The van der Waals surface area contributed by atoms with Gasteiger partial charge in [0.25, 0.3) is 0 Å². The van der Waals surface area contributed by atoms with Gasteiger partial charge < -0.3 is 10.1 Å². The molecule has 1 aliphatic rings. The van der Waals surface area contributed by atoms with Crippen LogP contribution < -0.4 is 10.1 Å². The Hall–Kier alpha value is -1.85. The summed E-state index contributed by atoms with van der Waals surface area (Å²) in [6.07, 6.45) is -4.84. The SMILES string of the molecule is CC(C(=O)NC(C)(C)C)N1CCN(S(=O)(=O)c2ccc(OC(F)(F)F)cc2)CC1. The summed E-state index contributed by atoms with van der Waals surface area (Å²) in [5.74, 6) is -0.617. The normalized spacial score (nSPS) is 18.3. The van der Waals surface area contributed by atoms with E-state index in [1.54, 1.807) is 6.92 Å². The molecule has 1 saturated heterocycles. The highest BCUT2D eigenvalue weighted by atomic mass is 32.2. The van der Waals surface area contributed by atoms with Crippen molar-refractivity contribution >= 4 is 15.9 Å². The summed E-state index contributed by atoms with van der Waals surface area (Å²) in [7, 11) is -3.85. The van der Waals surface area contributed by atoms with Gasteiger partial charge in [-0.3, -0.25) is 9.69 Å². The molecule has 1 aromatic rings. The fraction of sp³-hybridized carbons (Fsp3) is 0.611. The molecule has 2 rings (SSSR count). The van der Waals surface area contributed by atoms with Crippen molar-refractivity contribution in [2.45, 2.75) is 50.5 Å². The Morgan fingerprint density at radius 2 is 1.59 bits per heavy atom. The molecule has 1 fully saturated rings. The molecule has 1 N–H and O–H groups in total. The van der Waals surface area contributed by atoms with Crippen molar-refractivity contribution in [1.29, 1.82) is 0 Å². The van der Waals surface area contributed by atoms with Crippen molar-refractivity contribution in [3.05, 3.63) is 24.3 Å². The van der Waals surface area contributed by atoms with Crippen molar-refractivity contribution in [1.82, 2.24) is 14.5 Å². The van der Waals surface area contributed by atoms with E-state index in [0.29, 0.717) is 13.1 Å². The van der Waals surface area contributed by atoms with Crippen LogP contribution in [0.5, 0.6) is 5.75 Å². The minimum atomic E-state index is -4.84. The van der Waals surface area contributed by atoms with Crippen LogP contribution in [-0.4, -0.2) is 67.7 Å². The van der Waals surface area contributed by atoms with Gasteiger partial charge in [-0.15, -0.1) is 13.2 Å². The van der Waals surface area contributed by atoms with Crippen LogP contribution in [0.2, 0.25) is 0 Å². The topological polar surface area (TPSA) is 79.0 Å². The maximum absolute atomic E-state index is 12.7. The van der Waals surface area contributed by atoms with E-state index in [0.717, 1.165) is 24.3 Å². The fourth-order valence-electron chi connectivity index (χ4n) is 2.93. The number of halogens is 3. The molecule has 1 amide bonds. The predicted molar refractivity (Wildman–Crippen MR) is 101 cm³/mol. The smallest absolute Gasteiger partial charge is 0.406 e. The Morgan fingerprint density at radius 3 is 2.03 bits per heavy atom. The van der Waals surface area contributed by atoms with E-state index in [-0.39, 0.29) is 29.4 Å². The number of benzene rings is 1. The number of alkyl halides is 3. The van der Waals surface area contributed by atoms with Crippen LogP contribution in [0.15, 0.2) is 29.2 Å². The van der Waals surface area contributed by atoms with E-state index in [2.05, 4.69) is 10.1 Å². The second kappa shape index (κ2) is 8.49. The van der Waals surface area contributed by atoms with Crippen LogP contribution in [0.4, 0.5) is 13.2 Å². The molecule has 0 aromatic heterocycles. The third-order valence-electron chi connectivity index (χ3n) is 4.39. The van der Waals surface area contributed by atoms with E-state index in [9.17, 15) is 26.4 Å². The maximum atomic E-state index is 12.7. The van der Waals surface area contributed by atoms with Crippen LogP contribution in [0, 0.1) is 0 Å². The van der Waals surface area contributed by atoms with Crippen LogP contribution in [0.3, 0.4) is 0 Å². The van der Waals surface area contributed by atoms with E-state index in [1.807, 2.05) is 25.7 Å². The standard InChI is InChI=1S/C18H26F3N3O4S/c1-13(16(25)22-17(2,3)4)23-9-11-24(12-10-23)29(26,27)15-7-5-14(6-8-15)28-18(19,20)21/h5-8,13H,9-12H2,1-4H3,(H,22,25). The number of hydrogen-bond donors (Lipinski definition) is 1. The molecule has 1 atom stereocenters. The van der Waals surface area contributed by atoms with E-state index in [4.69, 9.17) is 0 Å². The highest BCUT2D eigenvalue weighted by Crippen LogP contribution is 2.25. The van der Waals surface area contributed by atoms with Gasteiger partial charge in [0.05, 0.1) is 10.9 Å². The van der Waals surface area contributed by atoms with Crippen LogP contribution in [-0.2, 0) is 14.8 Å². The van der Waals surface area contributed by atoms with Crippen LogP contribution in [0.25, 0.3) is 0 Å². The lowest BCUT2D eigenvalue weighted by Gasteiger charge is -2.37. The van der Waals surface area contributed by atoms with Gasteiger partial charge in [0, 0.05) is 31.7 Å². The minimum absolute atomic E-state index is 0.112. The highest BCUT2D eigenvalue weighted by molar-refractivity contribution is 7.89. The summed E-state index contributed by atoms with van der Waals surface area (Å²) in [5.41, 5.74) is -0.363. The number of nitrogens with zero attached hydrogens (tertiary/aromatic N) is 2. The lowest BCUT2D eigenvalue weighted by molar-refractivity contribution is -0.274. The summed E-state index contributed by atoms with van der Waals surface area (Å²) in [5, 5.41) is 2.90. The number of carbonyl (C=O) groups is 1. The number of nitrogens with one attached hydrogen (secondary N) is 1. The first-order valence-corrected chi connectivity index (χ1v) is 10.5. The third kappa shape index (κ3) is 6.58. The van der Waals surface area contributed by atoms with Gasteiger partial charge in [-0.25, -0.2) is 8.42 Å². The third-order valence-corrected chi connectivity index (χ3v) is 6.31. The van der Waals surface area contributed by atoms with E-state index < -0.39 is 28.2 Å². The monoisotopic (exact) mass is 437 g/mol. The zero-order chi connectivity index (χ0) is 22.0. The van der Waals surface area contributed by atoms with Crippen molar-refractivity contribution in [3.8, 4) is 5.75 Å². The zero-order valence-corrected chi connectivity index (χ0v) is 17.6.